The molecule has 0 radical (unpaired) electrons. The minimum atomic E-state index is -0.640. The van der Waals surface area contributed by atoms with E-state index in [9.17, 15) is 4.79 Å². The predicted molar refractivity (Wildman–Crippen MR) is 59.8 cm³/mol. The summed E-state index contributed by atoms with van der Waals surface area (Å²) in [6.07, 6.45) is 0. The molecule has 0 unspecified atom stereocenters. The van der Waals surface area contributed by atoms with Crippen LogP contribution in [0, 0.1) is 11.8 Å². The number of hydrogen-bond donors (Lipinski definition) is 1. The Kier molecular flexibility index (Phi) is 3.84. The molecule has 0 fully saturated rings. The number of anilines is 1. The highest BCUT2D eigenvalue weighted by Crippen LogP contribution is 2.30. The summed E-state index contributed by atoms with van der Waals surface area (Å²) < 4.78 is 4.35. The van der Waals surface area contributed by atoms with Crippen LogP contribution in [0.15, 0.2) is 12.1 Å². The SMILES string of the molecule is COC(=O)C#Cc1ccc(N)c(Cl)c1Cl. The number of methoxy groups -OCH3 is 1. The number of benzene rings is 1. The van der Waals surface area contributed by atoms with Crippen LogP contribution in [0.3, 0.4) is 0 Å². The fourth-order valence-electron chi connectivity index (χ4n) is 0.830. The first-order valence-corrected chi connectivity index (χ1v) is 4.65. The maximum Gasteiger partial charge on any atom is 0.384 e. The van der Waals surface area contributed by atoms with Crippen LogP contribution >= 0.6 is 23.2 Å². The summed E-state index contributed by atoms with van der Waals surface area (Å²) in [4.78, 5) is 10.8. The van der Waals surface area contributed by atoms with E-state index in [4.69, 9.17) is 28.9 Å². The molecule has 0 spiro atoms. The molecule has 0 aliphatic rings. The molecule has 0 aromatic heterocycles. The first kappa shape index (κ1) is 11.7. The van der Waals surface area contributed by atoms with E-state index in [0.717, 1.165) is 0 Å². The molecule has 2 N–H and O–H groups in total. The molecule has 0 atom stereocenters. The third-order valence-corrected chi connectivity index (χ3v) is 2.49. The van der Waals surface area contributed by atoms with E-state index in [1.165, 1.54) is 7.11 Å². The van der Waals surface area contributed by atoms with Crippen molar-refractivity contribution in [3.63, 3.8) is 0 Å². The first-order chi connectivity index (χ1) is 7.06. The standard InChI is InChI=1S/C10H7Cl2NO2/c1-15-8(14)5-3-6-2-4-7(13)10(12)9(6)11/h2,4H,13H2,1H3. The molecular weight excluding hydrogens is 237 g/mol. The fourth-order valence-corrected chi connectivity index (χ4v) is 1.21. The molecule has 1 aromatic rings. The van der Waals surface area contributed by atoms with Crippen molar-refractivity contribution in [2.45, 2.75) is 0 Å². The summed E-state index contributed by atoms with van der Waals surface area (Å²) in [5, 5.41) is 0.460. The first-order valence-electron chi connectivity index (χ1n) is 3.89. The van der Waals surface area contributed by atoms with Crippen molar-refractivity contribution in [1.29, 1.82) is 0 Å². The summed E-state index contributed by atoms with van der Waals surface area (Å²) in [5.41, 5.74) is 6.31. The van der Waals surface area contributed by atoms with E-state index in [-0.39, 0.29) is 10.0 Å². The fraction of sp³-hybridized carbons (Fsp3) is 0.100. The largest absolute Gasteiger partial charge is 0.459 e. The monoisotopic (exact) mass is 243 g/mol. The summed E-state index contributed by atoms with van der Waals surface area (Å²) in [5.74, 6) is 4.14. The van der Waals surface area contributed by atoms with Gasteiger partial charge in [0.05, 0.1) is 22.8 Å². The smallest absolute Gasteiger partial charge is 0.384 e. The molecule has 5 heteroatoms. The summed E-state index contributed by atoms with van der Waals surface area (Å²) >= 11 is 11.6. The third-order valence-electron chi connectivity index (χ3n) is 1.60. The van der Waals surface area contributed by atoms with Crippen molar-refractivity contribution in [2.24, 2.45) is 0 Å². The molecule has 0 aliphatic carbocycles. The van der Waals surface area contributed by atoms with Crippen molar-refractivity contribution >= 4 is 34.9 Å². The Morgan fingerprint density at radius 3 is 2.67 bits per heavy atom. The number of carbonyl (C=O) groups excluding carboxylic acids is 1. The highest BCUT2D eigenvalue weighted by molar-refractivity contribution is 6.44. The number of rotatable bonds is 0. The predicted octanol–water partition coefficient (Wildman–Crippen LogP) is 2.10. The number of ether oxygens (including phenoxy) is 1. The number of hydrogen-bond acceptors (Lipinski definition) is 3. The summed E-state index contributed by atoms with van der Waals surface area (Å²) in [6.45, 7) is 0. The molecule has 0 heterocycles. The molecule has 78 valence electrons. The Balaban J connectivity index is 3.10. The van der Waals surface area contributed by atoms with Gasteiger partial charge in [0.2, 0.25) is 0 Å². The minimum absolute atomic E-state index is 0.230. The van der Waals surface area contributed by atoms with Crippen LogP contribution < -0.4 is 5.73 Å². The van der Waals surface area contributed by atoms with E-state index >= 15 is 0 Å². The molecule has 0 amide bonds. The quantitative estimate of drug-likeness (QED) is 0.432. The minimum Gasteiger partial charge on any atom is -0.459 e. The Morgan fingerprint density at radius 1 is 1.40 bits per heavy atom. The second kappa shape index (κ2) is 4.92. The lowest BCUT2D eigenvalue weighted by atomic mass is 10.2. The van der Waals surface area contributed by atoms with Gasteiger partial charge in [-0.2, -0.15) is 0 Å². The second-order valence-electron chi connectivity index (χ2n) is 2.57. The van der Waals surface area contributed by atoms with Crippen LogP contribution in [0.1, 0.15) is 5.56 Å². The lowest BCUT2D eigenvalue weighted by molar-refractivity contribution is -0.133. The molecule has 0 aliphatic heterocycles. The van der Waals surface area contributed by atoms with Crippen LogP contribution in [0.4, 0.5) is 5.69 Å². The van der Waals surface area contributed by atoms with Gasteiger partial charge in [-0.1, -0.05) is 29.1 Å². The van der Waals surface area contributed by atoms with E-state index in [2.05, 4.69) is 16.6 Å². The third kappa shape index (κ3) is 2.79. The van der Waals surface area contributed by atoms with Crippen LogP contribution in [0.2, 0.25) is 10.0 Å². The van der Waals surface area contributed by atoms with Gasteiger partial charge in [0.15, 0.2) is 0 Å². The average molecular weight is 244 g/mol. The lowest BCUT2D eigenvalue weighted by Crippen LogP contribution is -1.95. The zero-order valence-electron chi connectivity index (χ0n) is 7.80. The van der Waals surface area contributed by atoms with Gasteiger partial charge in [-0.05, 0) is 12.1 Å². The van der Waals surface area contributed by atoms with Crippen molar-refractivity contribution in [2.75, 3.05) is 12.8 Å². The van der Waals surface area contributed by atoms with E-state index in [1.807, 2.05) is 0 Å². The molecule has 0 saturated heterocycles. The number of nitrogen functional groups attached to an aromatic ring is 1. The normalized spacial score (nSPS) is 9.00. The van der Waals surface area contributed by atoms with Crippen molar-refractivity contribution in [3.8, 4) is 11.8 Å². The Morgan fingerprint density at radius 2 is 2.07 bits per heavy atom. The highest BCUT2D eigenvalue weighted by Gasteiger charge is 2.06. The number of nitrogens with two attached hydrogens (primary N) is 1. The average Bonchev–Trinajstić information content (AvgIpc) is 2.24. The van der Waals surface area contributed by atoms with Gasteiger partial charge in [0, 0.05) is 11.5 Å². The van der Waals surface area contributed by atoms with Gasteiger partial charge < -0.3 is 10.5 Å². The van der Waals surface area contributed by atoms with Crippen LogP contribution in [0.5, 0.6) is 0 Å². The van der Waals surface area contributed by atoms with Crippen molar-refractivity contribution in [3.05, 3.63) is 27.7 Å². The van der Waals surface area contributed by atoms with Gasteiger partial charge >= 0.3 is 5.97 Å². The molecule has 3 nitrogen and oxygen atoms in total. The second-order valence-corrected chi connectivity index (χ2v) is 3.33. The van der Waals surface area contributed by atoms with E-state index in [1.54, 1.807) is 12.1 Å². The maximum atomic E-state index is 10.8. The molecular formula is C10H7Cl2NO2. The zero-order valence-corrected chi connectivity index (χ0v) is 9.32. The van der Waals surface area contributed by atoms with Gasteiger partial charge in [0.25, 0.3) is 0 Å². The number of carbonyl (C=O) groups is 1. The molecule has 1 aromatic carbocycles. The summed E-state index contributed by atoms with van der Waals surface area (Å²) in [7, 11) is 1.24. The highest BCUT2D eigenvalue weighted by atomic mass is 35.5. The lowest BCUT2D eigenvalue weighted by Gasteiger charge is -2.01. The zero-order chi connectivity index (χ0) is 11.4. The molecule has 1 rings (SSSR count). The van der Waals surface area contributed by atoms with Crippen LogP contribution in [-0.4, -0.2) is 13.1 Å². The number of halogens is 2. The van der Waals surface area contributed by atoms with E-state index < -0.39 is 5.97 Å². The topological polar surface area (TPSA) is 52.3 Å². The summed E-state index contributed by atoms with van der Waals surface area (Å²) in [6, 6.07) is 3.15. The van der Waals surface area contributed by atoms with Gasteiger partial charge in [0.1, 0.15) is 0 Å². The molecule has 0 bridgehead atoms. The van der Waals surface area contributed by atoms with E-state index in [0.29, 0.717) is 11.3 Å². The molecule has 0 saturated carbocycles. The Labute approximate surface area is 97.1 Å². The van der Waals surface area contributed by atoms with Crippen molar-refractivity contribution < 1.29 is 9.53 Å². The number of esters is 1. The van der Waals surface area contributed by atoms with Gasteiger partial charge in [-0.3, -0.25) is 0 Å². The van der Waals surface area contributed by atoms with Crippen LogP contribution in [-0.2, 0) is 9.53 Å². The van der Waals surface area contributed by atoms with Crippen LogP contribution in [0.25, 0.3) is 0 Å². The maximum absolute atomic E-state index is 10.8. The Bertz CT molecular complexity index is 460. The Hall–Kier alpha value is -1.37. The van der Waals surface area contributed by atoms with Crippen molar-refractivity contribution in [1.82, 2.24) is 0 Å². The molecule has 15 heavy (non-hydrogen) atoms. The van der Waals surface area contributed by atoms with Gasteiger partial charge in [-0.15, -0.1) is 0 Å². The van der Waals surface area contributed by atoms with Gasteiger partial charge in [-0.25, -0.2) is 4.79 Å².